The van der Waals surface area contributed by atoms with Gasteiger partial charge in [0.25, 0.3) is 0 Å². The van der Waals surface area contributed by atoms with Crippen LogP contribution in [0.2, 0.25) is 0 Å². The van der Waals surface area contributed by atoms with Gasteiger partial charge in [0, 0.05) is 0 Å². The summed E-state index contributed by atoms with van der Waals surface area (Å²) in [6.45, 7) is 5.91. The molecule has 0 fully saturated rings. The summed E-state index contributed by atoms with van der Waals surface area (Å²) < 4.78 is 27.2. The summed E-state index contributed by atoms with van der Waals surface area (Å²) in [6.07, 6.45) is 3.56. The lowest BCUT2D eigenvalue weighted by molar-refractivity contribution is 0.316. The van der Waals surface area contributed by atoms with Crippen LogP contribution in [-0.2, 0) is 11.8 Å². The van der Waals surface area contributed by atoms with E-state index in [-0.39, 0.29) is 5.92 Å². The average molecular weight is 485 g/mol. The number of nitrogens with zero attached hydrogens (tertiary/aromatic N) is 1. The summed E-state index contributed by atoms with van der Waals surface area (Å²) in [4.78, 5) is 0. The summed E-state index contributed by atoms with van der Waals surface area (Å²) in [7, 11) is 8.06. The topological polar surface area (TPSA) is 82.0 Å². The fourth-order valence-electron chi connectivity index (χ4n) is 4.43. The molecule has 0 aromatic heterocycles. The lowest BCUT2D eigenvalue weighted by atomic mass is 9.69. The van der Waals surface area contributed by atoms with Crippen molar-refractivity contribution in [3.8, 4) is 34.8 Å². The summed E-state index contributed by atoms with van der Waals surface area (Å²) in [5.74, 6) is 3.27. The Morgan fingerprint density at radius 1 is 0.800 bits per heavy atom. The second-order valence-electron chi connectivity index (χ2n) is 8.80. The van der Waals surface area contributed by atoms with Gasteiger partial charge in [0.2, 0.25) is 5.75 Å². The third-order valence-electron chi connectivity index (χ3n) is 6.56. The van der Waals surface area contributed by atoms with Crippen LogP contribution in [-0.4, -0.2) is 48.6 Å². The molecule has 0 aliphatic rings. The van der Waals surface area contributed by atoms with Crippen LogP contribution in [0.15, 0.2) is 30.3 Å². The monoisotopic (exact) mass is 484 g/mol. The molecule has 0 saturated carbocycles. The number of hydrogen-bond donors (Lipinski definition) is 1. The second kappa shape index (κ2) is 13.7. The molecule has 7 heteroatoms. The smallest absolute Gasteiger partial charge is 0.203 e. The lowest BCUT2D eigenvalue weighted by Gasteiger charge is -2.32. The van der Waals surface area contributed by atoms with Crippen molar-refractivity contribution in [3.63, 3.8) is 0 Å². The number of aryl methyl sites for hydroxylation is 1. The molecule has 2 rings (SSSR count). The first-order valence-electron chi connectivity index (χ1n) is 12.0. The average Bonchev–Trinajstić information content (AvgIpc) is 2.89. The molecule has 0 aliphatic carbocycles. The first-order chi connectivity index (χ1) is 16.9. The van der Waals surface area contributed by atoms with E-state index in [1.54, 1.807) is 35.5 Å². The molecule has 2 aromatic rings. The maximum Gasteiger partial charge on any atom is 0.203 e. The van der Waals surface area contributed by atoms with Crippen LogP contribution < -0.4 is 29.0 Å². The van der Waals surface area contributed by atoms with E-state index in [4.69, 9.17) is 23.7 Å². The summed E-state index contributed by atoms with van der Waals surface area (Å²) in [6, 6.07) is 12.5. The van der Waals surface area contributed by atoms with E-state index in [1.807, 2.05) is 24.3 Å². The molecule has 0 unspecified atom stereocenters. The van der Waals surface area contributed by atoms with Crippen LogP contribution in [0.3, 0.4) is 0 Å². The zero-order valence-corrected chi connectivity index (χ0v) is 22.2. The van der Waals surface area contributed by atoms with Gasteiger partial charge in [-0.2, -0.15) is 5.26 Å². The maximum absolute atomic E-state index is 10.3. The van der Waals surface area contributed by atoms with Crippen LogP contribution >= 0.6 is 0 Å². The Morgan fingerprint density at radius 2 is 1.40 bits per heavy atom. The molecule has 0 saturated heterocycles. The van der Waals surface area contributed by atoms with Crippen molar-refractivity contribution in [1.29, 1.82) is 5.26 Å². The minimum Gasteiger partial charge on any atom is -0.493 e. The standard InChI is InChI=1S/C28H40N2O5/c1-20(2)28(19-29,22-17-25(33-5)27(35-7)26(18-22)34-6)13-9-15-30-14-8-10-21-11-12-23(31-3)24(16-21)32-4/h11-12,16-18,20,30H,8-10,13-15H2,1-7H3/t28-/m1/s1. The highest BCUT2D eigenvalue weighted by Crippen LogP contribution is 2.45. The highest BCUT2D eigenvalue weighted by atomic mass is 16.5. The molecule has 35 heavy (non-hydrogen) atoms. The van der Waals surface area contributed by atoms with Crippen LogP contribution in [0.5, 0.6) is 28.7 Å². The van der Waals surface area contributed by atoms with Crippen molar-refractivity contribution in [2.24, 2.45) is 5.92 Å². The Bertz CT molecular complexity index is 961. The van der Waals surface area contributed by atoms with E-state index >= 15 is 0 Å². The zero-order valence-electron chi connectivity index (χ0n) is 22.2. The molecule has 0 bridgehead atoms. The quantitative estimate of drug-likeness (QED) is 0.350. The Balaban J connectivity index is 1.97. The van der Waals surface area contributed by atoms with Crippen molar-refractivity contribution in [2.75, 3.05) is 48.6 Å². The molecule has 0 amide bonds. The number of rotatable bonds is 15. The van der Waals surface area contributed by atoms with E-state index in [0.29, 0.717) is 17.2 Å². The molecule has 0 radical (unpaired) electrons. The van der Waals surface area contributed by atoms with Gasteiger partial charge in [-0.3, -0.25) is 0 Å². The normalized spacial score (nSPS) is 12.5. The number of benzene rings is 2. The Kier molecular flexibility index (Phi) is 11.0. The number of hydrogen-bond acceptors (Lipinski definition) is 7. The molecule has 192 valence electrons. The number of methoxy groups -OCH3 is 5. The maximum atomic E-state index is 10.3. The predicted octanol–water partition coefficient (Wildman–Crippen LogP) is 5.15. The fraction of sp³-hybridized carbons (Fsp3) is 0.536. The third-order valence-corrected chi connectivity index (χ3v) is 6.56. The van der Waals surface area contributed by atoms with Gasteiger partial charge in [0.1, 0.15) is 0 Å². The van der Waals surface area contributed by atoms with Gasteiger partial charge in [-0.15, -0.1) is 0 Å². The van der Waals surface area contributed by atoms with E-state index < -0.39 is 5.41 Å². The van der Waals surface area contributed by atoms with E-state index in [2.05, 4.69) is 31.3 Å². The van der Waals surface area contributed by atoms with Gasteiger partial charge in [0.05, 0.1) is 47.0 Å². The van der Waals surface area contributed by atoms with Crippen molar-refractivity contribution in [2.45, 2.75) is 44.9 Å². The number of nitriles is 1. The van der Waals surface area contributed by atoms with Gasteiger partial charge in [-0.1, -0.05) is 19.9 Å². The molecule has 7 nitrogen and oxygen atoms in total. The summed E-state index contributed by atoms with van der Waals surface area (Å²) in [5, 5.41) is 13.8. The highest BCUT2D eigenvalue weighted by Gasteiger charge is 2.37. The number of nitrogens with one attached hydrogen (secondary N) is 1. The minimum atomic E-state index is -0.659. The van der Waals surface area contributed by atoms with Crippen LogP contribution in [0.4, 0.5) is 0 Å². The van der Waals surface area contributed by atoms with Gasteiger partial charge in [0.15, 0.2) is 23.0 Å². The summed E-state index contributed by atoms with van der Waals surface area (Å²) in [5.41, 5.74) is 1.45. The molecular weight excluding hydrogens is 444 g/mol. The molecule has 1 atom stereocenters. The van der Waals surface area contributed by atoms with Gasteiger partial charge in [-0.25, -0.2) is 0 Å². The Labute approximate surface area is 210 Å². The Hall–Kier alpha value is -3.11. The second-order valence-corrected chi connectivity index (χ2v) is 8.80. The van der Waals surface area contributed by atoms with E-state index in [1.165, 1.54) is 5.56 Å². The third kappa shape index (κ3) is 6.73. The molecule has 0 aliphatic heterocycles. The molecular formula is C28H40N2O5. The Morgan fingerprint density at radius 3 is 1.91 bits per heavy atom. The summed E-state index contributed by atoms with van der Waals surface area (Å²) >= 11 is 0. The molecule has 2 aromatic carbocycles. The van der Waals surface area contributed by atoms with Crippen LogP contribution in [0.1, 0.15) is 44.2 Å². The van der Waals surface area contributed by atoms with Crippen LogP contribution in [0, 0.1) is 17.2 Å². The SMILES string of the molecule is COc1ccc(CCCNCCC[C@](C#N)(c2cc(OC)c(OC)c(OC)c2)C(C)C)cc1OC. The van der Waals surface area contributed by atoms with E-state index in [0.717, 1.165) is 55.8 Å². The van der Waals surface area contributed by atoms with Gasteiger partial charge in [-0.05, 0) is 80.1 Å². The van der Waals surface area contributed by atoms with Crippen molar-refractivity contribution < 1.29 is 23.7 Å². The largest absolute Gasteiger partial charge is 0.493 e. The van der Waals surface area contributed by atoms with E-state index in [9.17, 15) is 5.26 Å². The highest BCUT2D eigenvalue weighted by molar-refractivity contribution is 5.56. The molecule has 1 N–H and O–H groups in total. The first kappa shape index (κ1) is 28.1. The molecule has 0 heterocycles. The molecule has 0 spiro atoms. The van der Waals surface area contributed by atoms with Crippen LogP contribution in [0.25, 0.3) is 0 Å². The van der Waals surface area contributed by atoms with Gasteiger partial charge < -0.3 is 29.0 Å². The first-order valence-corrected chi connectivity index (χ1v) is 12.0. The zero-order chi connectivity index (χ0) is 25.8. The van der Waals surface area contributed by atoms with Crippen molar-refractivity contribution >= 4 is 0 Å². The lowest BCUT2D eigenvalue weighted by Crippen LogP contribution is -2.32. The predicted molar refractivity (Wildman–Crippen MR) is 138 cm³/mol. The fourth-order valence-corrected chi connectivity index (χ4v) is 4.43. The van der Waals surface area contributed by atoms with Crippen molar-refractivity contribution in [3.05, 3.63) is 41.5 Å². The van der Waals surface area contributed by atoms with Crippen molar-refractivity contribution in [1.82, 2.24) is 5.32 Å². The van der Waals surface area contributed by atoms with Gasteiger partial charge >= 0.3 is 0 Å². The number of ether oxygens (including phenoxy) is 5. The minimum absolute atomic E-state index is 0.111.